The first-order valence-electron chi connectivity index (χ1n) is 10.3. The Morgan fingerprint density at radius 1 is 1.00 bits per heavy atom. The Balaban J connectivity index is 1.72. The lowest BCUT2D eigenvalue weighted by Crippen LogP contribution is -2.32. The van der Waals surface area contributed by atoms with Crippen LogP contribution in [0.4, 0.5) is 0 Å². The van der Waals surface area contributed by atoms with Gasteiger partial charge in [0, 0.05) is 28.5 Å². The highest BCUT2D eigenvalue weighted by Gasteiger charge is 2.26. The van der Waals surface area contributed by atoms with Crippen LogP contribution in [-0.4, -0.2) is 30.3 Å². The number of hydrogen-bond acceptors (Lipinski definition) is 4. The predicted octanol–water partition coefficient (Wildman–Crippen LogP) is 5.64. The molecule has 0 amide bonds. The Hall–Kier alpha value is -2.94. The van der Waals surface area contributed by atoms with Gasteiger partial charge in [0.2, 0.25) is 15.8 Å². The molecule has 0 saturated carbocycles. The van der Waals surface area contributed by atoms with Crippen LogP contribution in [0.2, 0.25) is 0 Å². The van der Waals surface area contributed by atoms with Gasteiger partial charge in [-0.05, 0) is 54.8 Å². The summed E-state index contributed by atoms with van der Waals surface area (Å²) in [6, 6.07) is 21.7. The number of halogens is 1. The van der Waals surface area contributed by atoms with Crippen LogP contribution < -0.4 is 0 Å². The number of rotatable bonds is 8. The van der Waals surface area contributed by atoms with E-state index in [0.29, 0.717) is 29.5 Å². The molecule has 1 heterocycles. The summed E-state index contributed by atoms with van der Waals surface area (Å²) in [4.78, 5) is 11.5. The van der Waals surface area contributed by atoms with Gasteiger partial charge in [0.25, 0.3) is 0 Å². The summed E-state index contributed by atoms with van der Waals surface area (Å²) >= 11 is 3.45. The average molecular weight is 528 g/mol. The molecule has 0 spiro atoms. The molecule has 0 aliphatic heterocycles. The Kier molecular flexibility index (Phi) is 6.69. The lowest BCUT2D eigenvalue weighted by Gasteiger charge is -2.23. The van der Waals surface area contributed by atoms with Crippen LogP contribution in [0.5, 0.6) is 0 Å². The number of fused-ring (bicyclic) bond motifs is 1. The second-order valence-electron chi connectivity index (χ2n) is 7.72. The third kappa shape index (κ3) is 5.03. The van der Waals surface area contributed by atoms with Crippen LogP contribution in [0, 0.1) is 6.92 Å². The largest absolute Gasteiger partial charge is 0.475 e. The quantitative estimate of drug-likeness (QED) is 0.320. The van der Waals surface area contributed by atoms with E-state index in [4.69, 9.17) is 4.42 Å². The molecule has 0 unspecified atom stereocenters. The first-order valence-corrected chi connectivity index (χ1v) is 12.5. The minimum Gasteiger partial charge on any atom is -0.475 e. The number of carboxylic acid groups (broad SMARTS) is 1. The number of aryl methyl sites for hydroxylation is 1. The molecule has 0 atom stereocenters. The molecule has 1 aromatic heterocycles. The van der Waals surface area contributed by atoms with Gasteiger partial charge in [0.1, 0.15) is 5.58 Å². The minimum absolute atomic E-state index is 0.0962. The van der Waals surface area contributed by atoms with Crippen molar-refractivity contribution in [1.29, 1.82) is 0 Å². The molecule has 170 valence electrons. The number of hydrogen-bond donors (Lipinski definition) is 1. The first kappa shape index (κ1) is 23.2. The molecule has 0 bridgehead atoms. The number of carboxylic acids is 1. The number of sulfonamides is 1. The number of benzene rings is 3. The Morgan fingerprint density at radius 3 is 2.42 bits per heavy atom. The molecule has 3 aromatic carbocycles. The maximum Gasteiger partial charge on any atom is 0.372 e. The molecular weight excluding hydrogens is 506 g/mol. The third-order valence-electron chi connectivity index (χ3n) is 5.48. The predicted molar refractivity (Wildman–Crippen MR) is 130 cm³/mol. The van der Waals surface area contributed by atoms with E-state index in [1.54, 1.807) is 6.92 Å². The van der Waals surface area contributed by atoms with E-state index in [1.165, 1.54) is 22.5 Å². The summed E-state index contributed by atoms with van der Waals surface area (Å²) in [7, 11) is -3.87. The van der Waals surface area contributed by atoms with Crippen molar-refractivity contribution in [2.45, 2.75) is 24.8 Å². The van der Waals surface area contributed by atoms with Crippen LogP contribution in [0.25, 0.3) is 11.0 Å². The Morgan fingerprint density at radius 2 is 1.73 bits per heavy atom. The zero-order chi connectivity index (χ0) is 23.6. The van der Waals surface area contributed by atoms with Crippen LogP contribution in [0.15, 0.2) is 86.6 Å². The zero-order valence-electron chi connectivity index (χ0n) is 17.9. The molecule has 0 fully saturated rings. The van der Waals surface area contributed by atoms with Crippen molar-refractivity contribution in [3.05, 3.63) is 99.7 Å². The second-order valence-corrected chi connectivity index (χ2v) is 10.6. The molecule has 0 radical (unpaired) electrons. The van der Waals surface area contributed by atoms with E-state index in [2.05, 4.69) is 15.9 Å². The van der Waals surface area contributed by atoms with Crippen molar-refractivity contribution in [2.24, 2.45) is 0 Å². The first-order chi connectivity index (χ1) is 15.8. The highest BCUT2D eigenvalue weighted by atomic mass is 79.9. The maximum absolute atomic E-state index is 13.7. The molecule has 1 N–H and O–H groups in total. The van der Waals surface area contributed by atoms with Gasteiger partial charge in [-0.15, -0.1) is 0 Å². The van der Waals surface area contributed by atoms with Crippen molar-refractivity contribution in [2.75, 3.05) is 6.54 Å². The smallest absolute Gasteiger partial charge is 0.372 e. The number of furan rings is 1. The average Bonchev–Trinajstić information content (AvgIpc) is 3.13. The summed E-state index contributed by atoms with van der Waals surface area (Å²) in [5.74, 6) is -1.37. The summed E-state index contributed by atoms with van der Waals surface area (Å²) in [6.45, 7) is 2.11. The van der Waals surface area contributed by atoms with Crippen LogP contribution in [-0.2, 0) is 23.0 Å². The molecule has 8 heteroatoms. The lowest BCUT2D eigenvalue weighted by atomic mass is 10.1. The summed E-state index contributed by atoms with van der Waals surface area (Å²) in [6.07, 6.45) is 0.560. The topological polar surface area (TPSA) is 87.8 Å². The maximum atomic E-state index is 13.7. The van der Waals surface area contributed by atoms with Gasteiger partial charge in [-0.3, -0.25) is 0 Å². The van der Waals surface area contributed by atoms with Crippen molar-refractivity contribution in [3.8, 4) is 0 Å². The van der Waals surface area contributed by atoms with Crippen LogP contribution in [0.3, 0.4) is 0 Å². The molecule has 0 aliphatic rings. The molecule has 4 rings (SSSR count). The van der Waals surface area contributed by atoms with Gasteiger partial charge >= 0.3 is 5.97 Å². The fourth-order valence-corrected chi connectivity index (χ4v) is 5.64. The van der Waals surface area contributed by atoms with Crippen molar-refractivity contribution in [3.63, 3.8) is 0 Å². The van der Waals surface area contributed by atoms with E-state index < -0.39 is 16.0 Å². The third-order valence-corrected chi connectivity index (χ3v) is 7.81. The second kappa shape index (κ2) is 9.51. The SMILES string of the molecule is Cc1c(C(=O)O)oc2ccc(S(=O)(=O)N(CCc3ccccc3)Cc3cccc(Br)c3)cc12. The molecule has 33 heavy (non-hydrogen) atoms. The van der Waals surface area contributed by atoms with Crippen molar-refractivity contribution >= 4 is 42.9 Å². The Labute approximate surface area is 200 Å². The van der Waals surface area contributed by atoms with Gasteiger partial charge in [-0.2, -0.15) is 4.31 Å². The Bertz CT molecular complexity index is 1410. The highest BCUT2D eigenvalue weighted by molar-refractivity contribution is 9.10. The number of nitrogens with zero attached hydrogens (tertiary/aromatic N) is 1. The standard InChI is InChI=1S/C25H22BrNO5S/c1-17-22-15-21(10-11-23(22)32-24(17)25(28)29)33(30,31)27(13-12-18-6-3-2-4-7-18)16-19-8-5-9-20(26)14-19/h2-11,14-15H,12-13,16H2,1H3,(H,28,29). The van der Waals surface area contributed by atoms with E-state index in [0.717, 1.165) is 15.6 Å². The van der Waals surface area contributed by atoms with E-state index in [-0.39, 0.29) is 17.2 Å². The summed E-state index contributed by atoms with van der Waals surface area (Å²) in [5.41, 5.74) is 2.64. The molecule has 0 saturated heterocycles. The zero-order valence-corrected chi connectivity index (χ0v) is 20.3. The van der Waals surface area contributed by atoms with Crippen molar-refractivity contribution in [1.82, 2.24) is 4.31 Å². The minimum atomic E-state index is -3.87. The van der Waals surface area contributed by atoms with Gasteiger partial charge in [-0.1, -0.05) is 58.4 Å². The van der Waals surface area contributed by atoms with E-state index in [9.17, 15) is 18.3 Å². The van der Waals surface area contributed by atoms with Gasteiger partial charge in [0.15, 0.2) is 0 Å². The van der Waals surface area contributed by atoms with Crippen LogP contribution in [0.1, 0.15) is 27.2 Å². The fourth-order valence-electron chi connectivity index (χ4n) is 3.74. The fraction of sp³-hybridized carbons (Fsp3) is 0.160. The highest BCUT2D eigenvalue weighted by Crippen LogP contribution is 2.29. The van der Waals surface area contributed by atoms with Gasteiger partial charge in [0.05, 0.1) is 4.90 Å². The van der Waals surface area contributed by atoms with E-state index >= 15 is 0 Å². The normalized spacial score (nSPS) is 11.8. The summed E-state index contributed by atoms with van der Waals surface area (Å²) in [5, 5.41) is 9.80. The summed E-state index contributed by atoms with van der Waals surface area (Å²) < 4.78 is 35.1. The monoisotopic (exact) mass is 527 g/mol. The van der Waals surface area contributed by atoms with E-state index in [1.807, 2.05) is 54.6 Å². The van der Waals surface area contributed by atoms with Gasteiger partial charge in [-0.25, -0.2) is 13.2 Å². The van der Waals surface area contributed by atoms with Crippen LogP contribution >= 0.6 is 15.9 Å². The molecular formula is C25H22BrNO5S. The number of carbonyl (C=O) groups is 1. The molecule has 0 aliphatic carbocycles. The molecule has 6 nitrogen and oxygen atoms in total. The van der Waals surface area contributed by atoms with Crippen molar-refractivity contribution < 1.29 is 22.7 Å². The van der Waals surface area contributed by atoms with Gasteiger partial charge < -0.3 is 9.52 Å². The molecule has 4 aromatic rings. The number of aromatic carboxylic acids is 1. The lowest BCUT2D eigenvalue weighted by molar-refractivity contribution is 0.0664.